The molecule has 0 saturated carbocycles. The quantitative estimate of drug-likeness (QED) is 0.377. The Morgan fingerprint density at radius 1 is 0.851 bits per heavy atom. The summed E-state index contributed by atoms with van der Waals surface area (Å²) in [6.07, 6.45) is 7.50. The van der Waals surface area contributed by atoms with Crippen LogP contribution < -0.4 is 14.5 Å². The Labute approximate surface area is 275 Å². The molecule has 7 rings (SSSR count). The third-order valence-electron chi connectivity index (χ3n) is 10.3. The Bertz CT molecular complexity index is 1790. The second-order valence-corrected chi connectivity index (χ2v) is 13.4. The van der Waals surface area contributed by atoms with Gasteiger partial charge in [0.25, 0.3) is 5.91 Å². The van der Waals surface area contributed by atoms with Gasteiger partial charge < -0.3 is 29.3 Å². The molecule has 1 spiro atoms. The van der Waals surface area contributed by atoms with E-state index in [0.717, 1.165) is 10.8 Å². The highest BCUT2D eigenvalue weighted by molar-refractivity contribution is 6.08. The van der Waals surface area contributed by atoms with Crippen molar-refractivity contribution < 1.29 is 29.0 Å². The van der Waals surface area contributed by atoms with Crippen LogP contribution in [0.4, 0.5) is 11.4 Å². The fourth-order valence-electron chi connectivity index (χ4n) is 8.14. The van der Waals surface area contributed by atoms with Gasteiger partial charge in [0.05, 0.1) is 36.7 Å². The van der Waals surface area contributed by atoms with Crippen LogP contribution in [0.3, 0.4) is 0 Å². The maximum absolute atomic E-state index is 14.9. The van der Waals surface area contributed by atoms with Crippen LogP contribution in [0.25, 0.3) is 10.8 Å². The van der Waals surface area contributed by atoms with Gasteiger partial charge in [-0.3, -0.25) is 14.4 Å². The zero-order valence-corrected chi connectivity index (χ0v) is 27.2. The molecule has 0 bridgehead atoms. The summed E-state index contributed by atoms with van der Waals surface area (Å²) in [4.78, 5) is 49.4. The predicted octanol–water partition coefficient (Wildman–Crippen LogP) is 4.73. The van der Waals surface area contributed by atoms with E-state index in [4.69, 9.17) is 9.47 Å². The number of hydrogen-bond acceptors (Lipinski definition) is 6. The molecule has 3 amide bonds. The molecule has 0 aromatic heterocycles. The van der Waals surface area contributed by atoms with Gasteiger partial charge >= 0.3 is 0 Å². The van der Waals surface area contributed by atoms with Gasteiger partial charge in [-0.1, -0.05) is 68.5 Å². The first-order chi connectivity index (χ1) is 22.6. The van der Waals surface area contributed by atoms with E-state index in [-0.39, 0.29) is 36.8 Å². The Morgan fingerprint density at radius 3 is 2.19 bits per heavy atom. The summed E-state index contributed by atoms with van der Waals surface area (Å²) < 4.78 is 12.6. The number of nitrogens with zero attached hydrogens (tertiary/aromatic N) is 3. The van der Waals surface area contributed by atoms with Gasteiger partial charge in [0.2, 0.25) is 11.8 Å². The van der Waals surface area contributed by atoms with Crippen molar-refractivity contribution in [2.75, 3.05) is 36.1 Å². The van der Waals surface area contributed by atoms with E-state index in [1.54, 1.807) is 9.80 Å². The van der Waals surface area contributed by atoms with E-state index in [2.05, 4.69) is 0 Å². The van der Waals surface area contributed by atoms with Crippen LogP contribution >= 0.6 is 0 Å². The number of rotatable bonds is 7. The van der Waals surface area contributed by atoms with Crippen molar-refractivity contribution in [2.24, 2.45) is 17.8 Å². The van der Waals surface area contributed by atoms with E-state index < -0.39 is 35.1 Å². The van der Waals surface area contributed by atoms with E-state index in [1.165, 1.54) is 4.90 Å². The number of benzene rings is 3. The standard InChI is InChI=1S/C38H41N3O6/c1-5-46-29-16-14-27(15-17-29)39-20-8-18-37(4)31(34(39)43)32-35(44)41(30(23-42)24(2)3)33-36(45)40(21-9-19-38(32,33)47-37)28-13-12-25-10-6-7-11-26(25)22-28/h6-19,22,24,30-33,42H,5,20-21,23H2,1-4H3/t30-,31+,32-,33?,37-,38-/m0/s1. The van der Waals surface area contributed by atoms with Crippen molar-refractivity contribution in [3.05, 3.63) is 91.0 Å². The molecule has 4 aliphatic heterocycles. The molecule has 6 atom stereocenters. The average molecular weight is 636 g/mol. The maximum Gasteiger partial charge on any atom is 0.253 e. The molecule has 2 fully saturated rings. The third kappa shape index (κ3) is 4.78. The summed E-state index contributed by atoms with van der Waals surface area (Å²) in [6, 6.07) is 19.4. The van der Waals surface area contributed by atoms with Gasteiger partial charge in [-0.05, 0) is 66.9 Å². The first-order valence-corrected chi connectivity index (χ1v) is 16.5. The predicted molar refractivity (Wildman–Crippen MR) is 180 cm³/mol. The molecule has 9 nitrogen and oxygen atoms in total. The molecule has 4 aliphatic rings. The number of fused-ring (bicyclic) bond motifs is 3. The Morgan fingerprint density at radius 2 is 1.51 bits per heavy atom. The molecule has 4 heterocycles. The largest absolute Gasteiger partial charge is 0.494 e. The lowest BCUT2D eigenvalue weighted by Crippen LogP contribution is -2.59. The molecular formula is C38H41N3O6. The lowest BCUT2D eigenvalue weighted by atomic mass is 9.74. The van der Waals surface area contributed by atoms with E-state index in [1.807, 2.05) is 119 Å². The second kappa shape index (κ2) is 11.6. The van der Waals surface area contributed by atoms with Crippen molar-refractivity contribution in [3.63, 3.8) is 0 Å². The smallest absolute Gasteiger partial charge is 0.253 e. The highest BCUT2D eigenvalue weighted by Gasteiger charge is 2.75. The van der Waals surface area contributed by atoms with Crippen LogP contribution in [0.15, 0.2) is 91.0 Å². The summed E-state index contributed by atoms with van der Waals surface area (Å²) in [5, 5.41) is 12.7. The first-order valence-electron chi connectivity index (χ1n) is 16.5. The third-order valence-corrected chi connectivity index (χ3v) is 10.3. The fraction of sp³-hybridized carbons (Fsp3) is 0.395. The van der Waals surface area contributed by atoms with Gasteiger partial charge in [-0.15, -0.1) is 0 Å². The van der Waals surface area contributed by atoms with Crippen LogP contribution in [0, 0.1) is 17.8 Å². The first kappa shape index (κ1) is 31.1. The normalized spacial score (nSPS) is 29.2. The van der Waals surface area contributed by atoms with Crippen molar-refractivity contribution in [2.45, 2.75) is 51.0 Å². The van der Waals surface area contributed by atoms with Crippen molar-refractivity contribution in [1.82, 2.24) is 4.90 Å². The molecule has 3 aromatic rings. The van der Waals surface area contributed by atoms with Gasteiger partial charge in [-0.2, -0.15) is 0 Å². The minimum Gasteiger partial charge on any atom is -0.494 e. The molecule has 3 aromatic carbocycles. The molecule has 1 unspecified atom stereocenters. The molecule has 47 heavy (non-hydrogen) atoms. The van der Waals surface area contributed by atoms with Crippen LogP contribution in [0.2, 0.25) is 0 Å². The topological polar surface area (TPSA) is 99.6 Å². The SMILES string of the molecule is CCOc1ccc(N2CC=C[C@]3(C)O[C@]45C=CCN(c6ccc7ccccc7c6)C(=O)C4N([C@@H](CO)C(C)C)C(=O)[C@@H]5[C@@H]3C2=O)cc1. The number of likely N-dealkylation sites (tertiary alicyclic amines) is 1. The Hall–Kier alpha value is -4.47. The molecule has 0 aliphatic carbocycles. The van der Waals surface area contributed by atoms with E-state index >= 15 is 0 Å². The monoisotopic (exact) mass is 635 g/mol. The molecule has 1 N–H and O–H groups in total. The van der Waals surface area contributed by atoms with E-state index in [9.17, 15) is 19.5 Å². The summed E-state index contributed by atoms with van der Waals surface area (Å²) in [5.74, 6) is -2.27. The second-order valence-electron chi connectivity index (χ2n) is 13.4. The van der Waals surface area contributed by atoms with E-state index in [0.29, 0.717) is 30.3 Å². The summed E-state index contributed by atoms with van der Waals surface area (Å²) in [6.45, 7) is 8.37. The van der Waals surface area contributed by atoms with Gasteiger partial charge in [-0.25, -0.2) is 0 Å². The van der Waals surface area contributed by atoms with Crippen LogP contribution in [0.1, 0.15) is 27.7 Å². The summed E-state index contributed by atoms with van der Waals surface area (Å²) >= 11 is 0. The zero-order chi connectivity index (χ0) is 33.1. The number of anilines is 2. The highest BCUT2D eigenvalue weighted by Crippen LogP contribution is 2.58. The number of ether oxygens (including phenoxy) is 2. The van der Waals surface area contributed by atoms with Crippen LogP contribution in [0.5, 0.6) is 5.75 Å². The van der Waals surface area contributed by atoms with Gasteiger partial charge in [0.1, 0.15) is 17.4 Å². The van der Waals surface area contributed by atoms with Crippen molar-refractivity contribution in [3.8, 4) is 5.75 Å². The van der Waals surface area contributed by atoms with Crippen LogP contribution in [-0.4, -0.2) is 77.3 Å². The molecule has 2 saturated heterocycles. The minimum absolute atomic E-state index is 0.162. The van der Waals surface area contributed by atoms with Gasteiger partial charge in [0.15, 0.2) is 0 Å². The zero-order valence-electron chi connectivity index (χ0n) is 27.2. The molecule has 0 radical (unpaired) electrons. The summed E-state index contributed by atoms with van der Waals surface area (Å²) in [5.41, 5.74) is -1.20. The molecule has 9 heteroatoms. The summed E-state index contributed by atoms with van der Waals surface area (Å²) in [7, 11) is 0. The highest BCUT2D eigenvalue weighted by atomic mass is 16.5. The number of aliphatic hydroxyl groups excluding tert-OH is 1. The van der Waals surface area contributed by atoms with Gasteiger partial charge in [0, 0.05) is 24.5 Å². The van der Waals surface area contributed by atoms with Crippen LogP contribution in [-0.2, 0) is 19.1 Å². The maximum atomic E-state index is 14.9. The number of carbonyl (C=O) groups is 3. The molecule has 244 valence electrons. The average Bonchev–Trinajstić information content (AvgIpc) is 3.32. The Kier molecular flexibility index (Phi) is 7.72. The van der Waals surface area contributed by atoms with Crippen molar-refractivity contribution >= 4 is 39.9 Å². The van der Waals surface area contributed by atoms with Crippen molar-refractivity contribution in [1.29, 1.82) is 0 Å². The minimum atomic E-state index is -1.43. The Balaban J connectivity index is 1.34. The number of amides is 3. The fourth-order valence-corrected chi connectivity index (χ4v) is 8.14. The lowest BCUT2D eigenvalue weighted by Gasteiger charge is -2.41. The lowest BCUT2D eigenvalue weighted by molar-refractivity contribution is -0.149. The molecular weight excluding hydrogens is 594 g/mol. The number of aliphatic hydroxyl groups is 1. The number of hydrogen-bond donors (Lipinski definition) is 1. The number of carbonyl (C=O) groups excluding carboxylic acids is 3.